The Morgan fingerprint density at radius 3 is 1.89 bits per heavy atom. The highest BCUT2D eigenvalue weighted by Gasteiger charge is 2.40. The molecule has 0 unspecified atom stereocenters. The van der Waals surface area contributed by atoms with E-state index in [9.17, 15) is 54.0 Å². The van der Waals surface area contributed by atoms with Gasteiger partial charge in [-0.15, -0.1) is 0 Å². The predicted octanol–water partition coefficient (Wildman–Crippen LogP) is -3.89. The topological polar surface area (TPSA) is 354 Å². The number of aromatic hydroxyl groups is 1. The molecule has 21 heteroatoms. The number of phenolic OH excluding ortho intramolecular Hbond substituents is 1. The number of guanidine groups is 1. The molecule has 21 nitrogen and oxygen atoms in total. The predicted molar refractivity (Wildman–Crippen MR) is 206 cm³/mol. The number of aliphatic imine (C=N–C) groups is 1. The maximum absolute atomic E-state index is 14.3. The number of phenols is 1. The molecule has 1 fully saturated rings. The zero-order valence-corrected chi connectivity index (χ0v) is 32.6. The quantitative estimate of drug-likeness (QED) is 0.0303. The number of benzene rings is 1. The van der Waals surface area contributed by atoms with Gasteiger partial charge in [-0.3, -0.25) is 33.8 Å². The lowest BCUT2D eigenvalue weighted by Gasteiger charge is -2.32. The second-order valence-corrected chi connectivity index (χ2v) is 14.5. The SMILES string of the molecule is CC(C)[C@H](NC(=O)[C@@H](NC(=O)[C@@H]1CCCN1C(=O)[C@H](Cc1ccc(O)cc1)NC(=O)[C@H](CCCN=C(N)N)NC(=O)[C@@H](N)CO)C(C)C)C(=O)N[C@@H](CO)C(=O)O. The fraction of sp³-hybridized carbons (Fsp3) is 0.611. The number of aliphatic hydroxyl groups excluding tert-OH is 2. The third kappa shape index (κ3) is 14.8. The van der Waals surface area contributed by atoms with E-state index in [1.807, 2.05) is 0 Å². The Labute approximate surface area is 330 Å². The first-order chi connectivity index (χ1) is 26.8. The molecule has 6 amide bonds. The van der Waals surface area contributed by atoms with Gasteiger partial charge in [0.15, 0.2) is 5.96 Å². The number of carbonyl (C=O) groups is 7. The van der Waals surface area contributed by atoms with Gasteiger partial charge >= 0.3 is 5.97 Å². The number of nitrogens with two attached hydrogens (primary N) is 3. The average molecular weight is 807 g/mol. The molecule has 0 aromatic heterocycles. The fourth-order valence-electron chi connectivity index (χ4n) is 5.99. The molecule has 0 aliphatic carbocycles. The first-order valence-electron chi connectivity index (χ1n) is 18.7. The zero-order valence-electron chi connectivity index (χ0n) is 32.6. The van der Waals surface area contributed by atoms with Gasteiger partial charge in [-0.1, -0.05) is 39.8 Å². The van der Waals surface area contributed by atoms with Crippen LogP contribution in [0.3, 0.4) is 0 Å². The molecule has 318 valence electrons. The molecule has 0 spiro atoms. The number of amides is 6. The lowest BCUT2D eigenvalue weighted by Crippen LogP contribution is -2.61. The summed E-state index contributed by atoms with van der Waals surface area (Å²) in [5.41, 5.74) is 17.0. The number of aliphatic hydroxyl groups is 2. The highest BCUT2D eigenvalue weighted by molar-refractivity contribution is 5.97. The van der Waals surface area contributed by atoms with Crippen LogP contribution in [0.4, 0.5) is 0 Å². The van der Waals surface area contributed by atoms with E-state index in [1.54, 1.807) is 39.8 Å². The van der Waals surface area contributed by atoms with Crippen molar-refractivity contribution >= 4 is 47.4 Å². The van der Waals surface area contributed by atoms with Crippen LogP contribution in [-0.2, 0) is 40.0 Å². The number of nitrogens with one attached hydrogen (secondary N) is 5. The summed E-state index contributed by atoms with van der Waals surface area (Å²) in [5, 5.41) is 50.4. The van der Waals surface area contributed by atoms with Crippen molar-refractivity contribution in [1.29, 1.82) is 0 Å². The largest absolute Gasteiger partial charge is 0.508 e. The highest BCUT2D eigenvalue weighted by atomic mass is 16.4. The van der Waals surface area contributed by atoms with Crippen LogP contribution in [0.2, 0.25) is 0 Å². The third-order valence-corrected chi connectivity index (χ3v) is 9.23. The van der Waals surface area contributed by atoms with Crippen LogP contribution in [-0.4, -0.2) is 141 Å². The Morgan fingerprint density at radius 2 is 1.35 bits per heavy atom. The van der Waals surface area contributed by atoms with E-state index in [1.165, 1.54) is 17.0 Å². The Hall–Kier alpha value is -5.54. The van der Waals surface area contributed by atoms with Crippen LogP contribution < -0.4 is 43.8 Å². The molecule has 0 saturated carbocycles. The van der Waals surface area contributed by atoms with Crippen molar-refractivity contribution < 1.29 is 54.0 Å². The molecule has 1 aliphatic heterocycles. The minimum Gasteiger partial charge on any atom is -0.508 e. The normalized spacial score (nSPS) is 17.0. The maximum atomic E-state index is 14.3. The molecule has 7 atom stereocenters. The fourth-order valence-corrected chi connectivity index (χ4v) is 5.99. The number of nitrogens with zero attached hydrogens (tertiary/aromatic N) is 2. The Morgan fingerprint density at radius 1 is 0.789 bits per heavy atom. The van der Waals surface area contributed by atoms with Crippen LogP contribution in [0, 0.1) is 11.8 Å². The Balaban J connectivity index is 2.36. The third-order valence-electron chi connectivity index (χ3n) is 9.23. The minimum atomic E-state index is -1.60. The summed E-state index contributed by atoms with van der Waals surface area (Å²) < 4.78 is 0. The van der Waals surface area contributed by atoms with Gasteiger partial charge in [-0.2, -0.15) is 0 Å². The van der Waals surface area contributed by atoms with E-state index in [0.717, 1.165) is 0 Å². The molecular weight excluding hydrogens is 748 g/mol. The van der Waals surface area contributed by atoms with Crippen LogP contribution in [0.1, 0.15) is 58.9 Å². The van der Waals surface area contributed by atoms with Gasteiger partial charge in [0.05, 0.1) is 13.2 Å². The number of carbonyl (C=O) groups excluding carboxylic acids is 6. The van der Waals surface area contributed by atoms with Crippen LogP contribution in [0.25, 0.3) is 0 Å². The van der Waals surface area contributed by atoms with Gasteiger partial charge < -0.3 is 69.1 Å². The first kappa shape index (κ1) is 47.6. The molecule has 15 N–H and O–H groups in total. The Kier molecular flexibility index (Phi) is 19.1. The van der Waals surface area contributed by atoms with Gasteiger partial charge in [0, 0.05) is 19.5 Å². The van der Waals surface area contributed by atoms with Crippen LogP contribution >= 0.6 is 0 Å². The lowest BCUT2D eigenvalue weighted by molar-refractivity contribution is -0.144. The molecule has 57 heavy (non-hydrogen) atoms. The first-order valence-corrected chi connectivity index (χ1v) is 18.7. The number of hydrogen-bond donors (Lipinski definition) is 12. The van der Waals surface area contributed by atoms with Crippen molar-refractivity contribution in [2.45, 2.75) is 102 Å². The van der Waals surface area contributed by atoms with Crippen LogP contribution in [0.15, 0.2) is 29.3 Å². The molecule has 0 radical (unpaired) electrons. The summed E-state index contributed by atoms with van der Waals surface area (Å²) in [6.45, 7) is 5.20. The summed E-state index contributed by atoms with van der Waals surface area (Å²) in [5.74, 6) is -7.24. The highest BCUT2D eigenvalue weighted by Crippen LogP contribution is 2.21. The number of likely N-dealkylation sites (tertiary alicyclic amines) is 1. The van der Waals surface area contributed by atoms with Crippen molar-refractivity contribution in [3.63, 3.8) is 0 Å². The molecule has 0 bridgehead atoms. The van der Waals surface area contributed by atoms with E-state index in [4.69, 9.17) is 17.2 Å². The number of carboxylic acid groups (broad SMARTS) is 1. The number of hydrogen-bond acceptors (Lipinski definition) is 12. The van der Waals surface area contributed by atoms with Gasteiger partial charge in [0.2, 0.25) is 35.4 Å². The van der Waals surface area contributed by atoms with E-state index in [0.29, 0.717) is 12.0 Å². The molecular formula is C36H58N10O11. The summed E-state index contributed by atoms with van der Waals surface area (Å²) in [4.78, 5) is 97.6. The second-order valence-electron chi connectivity index (χ2n) is 14.5. The van der Waals surface area contributed by atoms with E-state index in [-0.39, 0.29) is 50.5 Å². The maximum Gasteiger partial charge on any atom is 0.328 e. The van der Waals surface area contributed by atoms with Gasteiger partial charge in [-0.25, -0.2) is 4.79 Å². The summed E-state index contributed by atoms with van der Waals surface area (Å²) in [7, 11) is 0. The smallest absolute Gasteiger partial charge is 0.328 e. The van der Waals surface area contributed by atoms with Gasteiger partial charge in [-0.05, 0) is 55.2 Å². The number of rotatable bonds is 22. The van der Waals surface area contributed by atoms with Crippen molar-refractivity contribution in [2.75, 3.05) is 26.3 Å². The zero-order chi connectivity index (χ0) is 43.0. The molecule has 1 aliphatic rings. The van der Waals surface area contributed by atoms with E-state index < -0.39 is 109 Å². The Bertz CT molecular complexity index is 1590. The van der Waals surface area contributed by atoms with Gasteiger partial charge in [0.25, 0.3) is 0 Å². The summed E-state index contributed by atoms with van der Waals surface area (Å²) in [6, 6.07) is -3.07. The summed E-state index contributed by atoms with van der Waals surface area (Å²) >= 11 is 0. The molecule has 1 aromatic rings. The van der Waals surface area contributed by atoms with Crippen molar-refractivity contribution in [3.05, 3.63) is 29.8 Å². The number of aliphatic carboxylic acids is 1. The van der Waals surface area contributed by atoms with Crippen LogP contribution in [0.5, 0.6) is 5.75 Å². The van der Waals surface area contributed by atoms with E-state index in [2.05, 4.69) is 31.6 Å². The minimum absolute atomic E-state index is 0.0148. The second kappa shape index (κ2) is 22.9. The van der Waals surface area contributed by atoms with Crippen molar-refractivity contribution in [2.24, 2.45) is 34.0 Å². The summed E-state index contributed by atoms with van der Waals surface area (Å²) in [6.07, 6.45) is 0.765. The van der Waals surface area contributed by atoms with Crippen molar-refractivity contribution in [1.82, 2.24) is 31.5 Å². The van der Waals surface area contributed by atoms with E-state index >= 15 is 0 Å². The average Bonchev–Trinajstić information content (AvgIpc) is 3.65. The number of carboxylic acids is 1. The van der Waals surface area contributed by atoms with Crippen molar-refractivity contribution in [3.8, 4) is 5.75 Å². The lowest BCUT2D eigenvalue weighted by atomic mass is 9.99. The molecule has 2 rings (SSSR count). The standard InChI is InChI=1S/C36H58N10O11/c1-18(2)27(32(53)43-25(17-48)35(56)57)45-33(54)28(19(3)4)44-31(52)26-8-6-14-46(26)34(55)24(15-20-9-11-21(49)12-10-20)42-30(51)23(7-5-13-40-36(38)39)41-29(50)22(37)16-47/h9-12,18-19,22-28,47-49H,5-8,13-17,37H2,1-4H3,(H,41,50)(H,42,51)(H,43,53)(H,44,52)(H,45,54)(H,56,57)(H4,38,39,40)/t22-,23-,24-,25-,26-,27-,28-/m0/s1. The molecule has 1 aromatic carbocycles. The molecule has 1 saturated heterocycles. The van der Waals surface area contributed by atoms with Gasteiger partial charge in [0.1, 0.15) is 48.0 Å². The monoisotopic (exact) mass is 806 g/mol. The molecule has 1 heterocycles.